The number of anilines is 1. The smallest absolute Gasteiger partial charge is 0.269 e. The zero-order chi connectivity index (χ0) is 21.5. The zero-order valence-electron chi connectivity index (χ0n) is 16.1. The average molecular weight is 446 g/mol. The fourth-order valence-electron chi connectivity index (χ4n) is 3.67. The molecule has 2 heterocycles. The third-order valence-electron chi connectivity index (χ3n) is 5.15. The van der Waals surface area contributed by atoms with Gasteiger partial charge in [0.25, 0.3) is 5.69 Å². The number of hydrogen-bond acceptors (Lipinski definition) is 8. The van der Waals surface area contributed by atoms with Gasteiger partial charge >= 0.3 is 0 Å². The fraction of sp³-hybridized carbons (Fsp3) is 0.300. The van der Waals surface area contributed by atoms with Crippen LogP contribution in [0.3, 0.4) is 0 Å². The number of nitrogens with zero attached hydrogens (tertiary/aromatic N) is 3. The number of non-ortho nitro benzene ring substituents is 1. The van der Waals surface area contributed by atoms with Gasteiger partial charge in [-0.3, -0.25) is 19.9 Å². The highest BCUT2D eigenvalue weighted by Gasteiger charge is 2.47. The molecule has 0 radical (unpaired) electrons. The van der Waals surface area contributed by atoms with Gasteiger partial charge in [0.15, 0.2) is 20.8 Å². The van der Waals surface area contributed by atoms with Crippen LogP contribution in [0.1, 0.15) is 22.8 Å². The molecule has 30 heavy (non-hydrogen) atoms. The Morgan fingerprint density at radius 3 is 2.63 bits per heavy atom. The summed E-state index contributed by atoms with van der Waals surface area (Å²) >= 11 is 1.45. The van der Waals surface area contributed by atoms with Crippen LogP contribution in [0.15, 0.2) is 53.5 Å². The number of aliphatic imine (C=N–C) groups is 1. The summed E-state index contributed by atoms with van der Waals surface area (Å²) in [4.78, 5) is 28.8. The van der Waals surface area contributed by atoms with Crippen LogP contribution in [0.5, 0.6) is 0 Å². The monoisotopic (exact) mass is 445 g/mol. The van der Waals surface area contributed by atoms with E-state index in [1.54, 1.807) is 30.3 Å². The molecule has 0 aliphatic carbocycles. The highest BCUT2D eigenvalue weighted by Crippen LogP contribution is 2.36. The predicted molar refractivity (Wildman–Crippen MR) is 117 cm³/mol. The highest BCUT2D eigenvalue weighted by molar-refractivity contribution is 8.13. The molecular weight excluding hydrogens is 426 g/mol. The van der Waals surface area contributed by atoms with Gasteiger partial charge in [0, 0.05) is 29.1 Å². The lowest BCUT2D eigenvalue weighted by molar-refractivity contribution is -0.384. The average Bonchev–Trinajstić information content (AvgIpc) is 3.17. The number of sulfone groups is 1. The lowest BCUT2D eigenvalue weighted by atomic mass is 10.1. The van der Waals surface area contributed by atoms with E-state index in [9.17, 15) is 23.3 Å². The van der Waals surface area contributed by atoms with Crippen molar-refractivity contribution in [3.05, 3.63) is 69.8 Å². The summed E-state index contributed by atoms with van der Waals surface area (Å²) in [6.45, 7) is 1.49. The van der Waals surface area contributed by atoms with E-state index in [0.29, 0.717) is 16.5 Å². The molecule has 0 saturated carbocycles. The van der Waals surface area contributed by atoms with Crippen molar-refractivity contribution in [2.24, 2.45) is 4.99 Å². The Balaban J connectivity index is 1.60. The van der Waals surface area contributed by atoms with Crippen LogP contribution in [-0.4, -0.2) is 47.9 Å². The topological polar surface area (TPSA) is 110 Å². The lowest BCUT2D eigenvalue weighted by Gasteiger charge is -2.26. The Bertz CT molecular complexity index is 1150. The van der Waals surface area contributed by atoms with E-state index in [2.05, 4.69) is 4.99 Å². The van der Waals surface area contributed by atoms with E-state index in [1.807, 2.05) is 11.0 Å². The minimum Gasteiger partial charge on any atom is -0.315 e. The van der Waals surface area contributed by atoms with Gasteiger partial charge < -0.3 is 4.90 Å². The summed E-state index contributed by atoms with van der Waals surface area (Å²) in [6, 6.07) is 12.8. The van der Waals surface area contributed by atoms with Gasteiger partial charge in [-0.2, -0.15) is 0 Å². The van der Waals surface area contributed by atoms with Crippen LogP contribution in [0.25, 0.3) is 0 Å². The fourth-order valence-corrected chi connectivity index (χ4v) is 6.59. The van der Waals surface area contributed by atoms with Gasteiger partial charge in [-0.15, -0.1) is 0 Å². The number of nitro benzene ring substituents is 1. The number of carbonyl (C=O) groups excluding carboxylic acids is 1. The third kappa shape index (κ3) is 4.10. The molecule has 1 saturated heterocycles. The summed E-state index contributed by atoms with van der Waals surface area (Å²) in [5, 5.41) is 11.5. The summed E-state index contributed by atoms with van der Waals surface area (Å²) in [7, 11) is -3.17. The highest BCUT2D eigenvalue weighted by atomic mass is 32.2. The Morgan fingerprint density at radius 1 is 1.23 bits per heavy atom. The largest absolute Gasteiger partial charge is 0.315 e. The quantitative estimate of drug-likeness (QED) is 0.395. The molecule has 0 N–H and O–H groups in total. The van der Waals surface area contributed by atoms with Crippen LogP contribution in [0.4, 0.5) is 11.4 Å². The molecule has 2 unspecified atom stereocenters. The van der Waals surface area contributed by atoms with Gasteiger partial charge in [-0.05, 0) is 24.6 Å². The van der Waals surface area contributed by atoms with E-state index < -0.39 is 14.8 Å². The Hall–Kier alpha value is -2.72. The van der Waals surface area contributed by atoms with Crippen molar-refractivity contribution in [2.45, 2.75) is 24.8 Å². The summed E-state index contributed by atoms with van der Waals surface area (Å²) in [5.41, 5.74) is 2.22. The number of carbonyl (C=O) groups is 1. The first-order valence-electron chi connectivity index (χ1n) is 9.28. The van der Waals surface area contributed by atoms with Crippen molar-refractivity contribution in [2.75, 3.05) is 16.4 Å². The number of Topliss-reactive ketones (excluding diaryl/α,β-unsaturated/α-hetero) is 1. The van der Waals surface area contributed by atoms with Gasteiger partial charge in [-0.1, -0.05) is 36.0 Å². The SMILES string of the molecule is CC(=O)c1cccc(N2C(SCc3ccc([N+](=O)[O-])cc3)=NC3CS(=O)(=O)CC32)c1. The number of benzene rings is 2. The van der Waals surface area contributed by atoms with Crippen molar-refractivity contribution in [1.82, 2.24) is 0 Å². The molecule has 2 aliphatic heterocycles. The molecule has 2 atom stereocenters. The van der Waals surface area contributed by atoms with E-state index >= 15 is 0 Å². The van der Waals surface area contributed by atoms with E-state index in [1.165, 1.54) is 30.8 Å². The molecule has 4 rings (SSSR count). The molecule has 8 nitrogen and oxygen atoms in total. The summed E-state index contributed by atoms with van der Waals surface area (Å²) in [6.07, 6.45) is 0. The second-order valence-corrected chi connectivity index (χ2v) is 10.4. The standard InChI is InChI=1S/C20H19N3O5S2/c1-13(24)15-3-2-4-17(9-15)22-19-12-30(27,28)11-18(19)21-20(22)29-10-14-5-7-16(8-6-14)23(25)26/h2-9,18-19H,10-12H2,1H3. The normalized spacial score (nSPS) is 21.9. The predicted octanol–water partition coefficient (Wildman–Crippen LogP) is 3.07. The van der Waals surface area contributed by atoms with Crippen molar-refractivity contribution in [3.8, 4) is 0 Å². The van der Waals surface area contributed by atoms with E-state index in [0.717, 1.165) is 11.3 Å². The Kier molecular flexibility index (Phi) is 5.37. The molecule has 10 heteroatoms. The van der Waals surface area contributed by atoms with Crippen LogP contribution in [0.2, 0.25) is 0 Å². The van der Waals surface area contributed by atoms with E-state index in [-0.39, 0.29) is 35.1 Å². The second kappa shape index (κ2) is 7.84. The number of amidine groups is 1. The maximum absolute atomic E-state index is 12.2. The van der Waals surface area contributed by atoms with Crippen molar-refractivity contribution in [3.63, 3.8) is 0 Å². The number of hydrogen-bond donors (Lipinski definition) is 0. The first kappa shape index (κ1) is 20.5. The van der Waals surface area contributed by atoms with Crippen LogP contribution < -0.4 is 4.90 Å². The summed E-state index contributed by atoms with van der Waals surface area (Å²) < 4.78 is 24.3. The molecule has 0 bridgehead atoms. The number of rotatable bonds is 5. The first-order valence-corrected chi connectivity index (χ1v) is 12.1. The van der Waals surface area contributed by atoms with Crippen molar-refractivity contribution < 1.29 is 18.1 Å². The third-order valence-corrected chi connectivity index (χ3v) is 7.89. The maximum atomic E-state index is 12.2. The number of ketones is 1. The van der Waals surface area contributed by atoms with Crippen LogP contribution >= 0.6 is 11.8 Å². The Morgan fingerprint density at radius 2 is 1.97 bits per heavy atom. The lowest BCUT2D eigenvalue weighted by Crippen LogP contribution is -2.39. The number of thioether (sulfide) groups is 1. The van der Waals surface area contributed by atoms with Gasteiger partial charge in [0.05, 0.1) is 28.5 Å². The number of nitro groups is 1. The second-order valence-electron chi connectivity index (χ2n) is 7.31. The molecule has 0 aromatic heterocycles. The molecular formula is C20H19N3O5S2. The van der Waals surface area contributed by atoms with Gasteiger partial charge in [0.1, 0.15) is 0 Å². The zero-order valence-corrected chi connectivity index (χ0v) is 17.7. The van der Waals surface area contributed by atoms with Crippen molar-refractivity contribution >= 4 is 43.9 Å². The van der Waals surface area contributed by atoms with Crippen molar-refractivity contribution in [1.29, 1.82) is 0 Å². The molecule has 2 aliphatic rings. The van der Waals surface area contributed by atoms with Gasteiger partial charge in [0.2, 0.25) is 0 Å². The number of fused-ring (bicyclic) bond motifs is 1. The molecule has 156 valence electrons. The Labute approximate surface area is 178 Å². The van der Waals surface area contributed by atoms with Gasteiger partial charge in [-0.25, -0.2) is 8.42 Å². The molecule has 2 aromatic carbocycles. The van der Waals surface area contributed by atoms with Crippen LogP contribution in [-0.2, 0) is 15.6 Å². The molecule has 1 fully saturated rings. The maximum Gasteiger partial charge on any atom is 0.269 e. The summed E-state index contributed by atoms with van der Waals surface area (Å²) in [5.74, 6) is 0.505. The first-order chi connectivity index (χ1) is 14.2. The van der Waals surface area contributed by atoms with E-state index in [4.69, 9.17) is 0 Å². The molecule has 2 aromatic rings. The molecule has 0 amide bonds. The van der Waals surface area contributed by atoms with Crippen LogP contribution in [0, 0.1) is 10.1 Å². The molecule has 0 spiro atoms. The minimum atomic E-state index is -3.17. The minimum absolute atomic E-state index is 0.0160.